The van der Waals surface area contributed by atoms with Crippen molar-refractivity contribution in [2.45, 2.75) is 78.1 Å². The van der Waals surface area contributed by atoms with E-state index in [9.17, 15) is 0 Å². The predicted molar refractivity (Wildman–Crippen MR) is 127 cm³/mol. The van der Waals surface area contributed by atoms with E-state index in [0.29, 0.717) is 5.92 Å². The maximum atomic E-state index is 2.46. The largest absolute Gasteiger partial charge is 0.0768 e. The second-order valence-corrected chi connectivity index (χ2v) is 11.6. The normalized spacial score (nSPS) is 16.4. The molecule has 0 heteroatoms. The molecule has 0 amide bonds. The lowest BCUT2D eigenvalue weighted by Gasteiger charge is -2.38. The molecule has 2 aromatic rings. The molecule has 2 aromatic carbocycles. The summed E-state index contributed by atoms with van der Waals surface area (Å²) in [4.78, 5) is 0. The van der Waals surface area contributed by atoms with Crippen molar-refractivity contribution in [3.05, 3.63) is 82.5 Å². The van der Waals surface area contributed by atoms with E-state index < -0.39 is 0 Å². The maximum absolute atomic E-state index is 2.46. The molecule has 0 unspecified atom stereocenters. The van der Waals surface area contributed by atoms with Gasteiger partial charge in [-0.2, -0.15) is 0 Å². The summed E-state index contributed by atoms with van der Waals surface area (Å²) >= 11 is 0. The standard InChI is InChI=1S/C29H36/c1-27(2,3)21-13-14-22-19(17-21)18-24-23(22)15-16-25(28(4,5)6)26(24)29(7,8)20-11-9-10-12-20/h9-17,20H,18H2,1-8H3. The van der Waals surface area contributed by atoms with Crippen LogP contribution in [0.3, 0.4) is 0 Å². The molecule has 0 saturated carbocycles. The zero-order valence-electron chi connectivity index (χ0n) is 19.5. The Balaban J connectivity index is 1.93. The van der Waals surface area contributed by atoms with Crippen molar-refractivity contribution in [2.24, 2.45) is 5.92 Å². The maximum Gasteiger partial charge on any atom is 0.00447 e. The summed E-state index contributed by atoms with van der Waals surface area (Å²) in [5.41, 5.74) is 10.8. The molecule has 152 valence electrons. The van der Waals surface area contributed by atoms with Crippen molar-refractivity contribution in [3.63, 3.8) is 0 Å². The average Bonchev–Trinajstić information content (AvgIpc) is 3.26. The molecular formula is C29H36. The van der Waals surface area contributed by atoms with E-state index in [2.05, 4.69) is 110 Å². The third-order valence-corrected chi connectivity index (χ3v) is 6.98. The number of rotatable bonds is 2. The highest BCUT2D eigenvalue weighted by Gasteiger charge is 2.38. The summed E-state index contributed by atoms with van der Waals surface area (Å²) in [6, 6.07) is 11.9. The Morgan fingerprint density at radius 1 is 0.724 bits per heavy atom. The van der Waals surface area contributed by atoms with Gasteiger partial charge in [-0.3, -0.25) is 0 Å². The van der Waals surface area contributed by atoms with Crippen LogP contribution in [0.4, 0.5) is 0 Å². The summed E-state index contributed by atoms with van der Waals surface area (Å²) in [5, 5.41) is 0. The molecule has 0 heterocycles. The first kappa shape index (κ1) is 20.2. The number of fused-ring (bicyclic) bond motifs is 3. The summed E-state index contributed by atoms with van der Waals surface area (Å²) in [7, 11) is 0. The Bertz CT molecular complexity index is 1000. The van der Waals surface area contributed by atoms with Gasteiger partial charge in [0.2, 0.25) is 0 Å². The topological polar surface area (TPSA) is 0 Å². The Morgan fingerprint density at radius 3 is 1.93 bits per heavy atom. The third kappa shape index (κ3) is 3.31. The van der Waals surface area contributed by atoms with Gasteiger partial charge < -0.3 is 0 Å². The summed E-state index contributed by atoms with van der Waals surface area (Å²) in [6.07, 6.45) is 10.2. The molecule has 0 nitrogen and oxygen atoms in total. The SMILES string of the molecule is CC(C)(C)c1ccc2c(c1)Cc1c-2ccc(C(C)(C)C)c1C(C)(C)C1C=CC=C1. The minimum atomic E-state index is 0.0619. The van der Waals surface area contributed by atoms with E-state index in [4.69, 9.17) is 0 Å². The fourth-order valence-corrected chi connectivity index (χ4v) is 5.18. The second kappa shape index (κ2) is 6.46. The average molecular weight is 385 g/mol. The Labute approximate surface area is 177 Å². The smallest absolute Gasteiger partial charge is 0.00447 e. The third-order valence-electron chi connectivity index (χ3n) is 6.98. The summed E-state index contributed by atoms with van der Waals surface area (Å²) < 4.78 is 0. The summed E-state index contributed by atoms with van der Waals surface area (Å²) in [6.45, 7) is 18.9. The molecule has 0 aromatic heterocycles. The highest BCUT2D eigenvalue weighted by Crippen LogP contribution is 2.49. The molecule has 0 fully saturated rings. The van der Waals surface area contributed by atoms with E-state index in [1.165, 1.54) is 27.8 Å². The lowest BCUT2D eigenvalue weighted by molar-refractivity contribution is 0.429. The monoisotopic (exact) mass is 384 g/mol. The first-order chi connectivity index (χ1) is 13.4. The van der Waals surface area contributed by atoms with E-state index in [1.807, 2.05) is 0 Å². The van der Waals surface area contributed by atoms with Gasteiger partial charge in [-0.05, 0) is 56.2 Å². The fraction of sp³-hybridized carbons (Fsp3) is 0.448. The zero-order valence-corrected chi connectivity index (χ0v) is 19.5. The van der Waals surface area contributed by atoms with E-state index in [1.54, 1.807) is 11.1 Å². The molecule has 4 rings (SSSR count). The zero-order chi connectivity index (χ0) is 21.2. The highest BCUT2D eigenvalue weighted by atomic mass is 14.4. The van der Waals surface area contributed by atoms with E-state index in [0.717, 1.165) is 6.42 Å². The first-order valence-corrected chi connectivity index (χ1v) is 11.1. The van der Waals surface area contributed by atoms with E-state index >= 15 is 0 Å². The minimum Gasteiger partial charge on any atom is -0.0768 e. The van der Waals surface area contributed by atoms with Crippen LogP contribution >= 0.6 is 0 Å². The van der Waals surface area contributed by atoms with Crippen molar-refractivity contribution >= 4 is 0 Å². The number of hydrogen-bond acceptors (Lipinski definition) is 0. The predicted octanol–water partition coefficient (Wildman–Crippen LogP) is 7.87. The van der Waals surface area contributed by atoms with Crippen LogP contribution in [-0.4, -0.2) is 0 Å². The second-order valence-electron chi connectivity index (χ2n) is 11.6. The fourth-order valence-electron chi connectivity index (χ4n) is 5.18. The molecule has 0 bridgehead atoms. The highest BCUT2D eigenvalue weighted by molar-refractivity contribution is 5.80. The van der Waals surface area contributed by atoms with Gasteiger partial charge in [0.1, 0.15) is 0 Å². The molecule has 0 radical (unpaired) electrons. The lowest BCUT2D eigenvalue weighted by atomic mass is 9.66. The molecule has 2 aliphatic carbocycles. The minimum absolute atomic E-state index is 0.0619. The van der Waals surface area contributed by atoms with Gasteiger partial charge in [-0.25, -0.2) is 0 Å². The molecule has 0 aliphatic heterocycles. The van der Waals surface area contributed by atoms with Gasteiger partial charge in [0.05, 0.1) is 0 Å². The Hall–Kier alpha value is -2.08. The van der Waals surface area contributed by atoms with Gasteiger partial charge in [-0.1, -0.05) is 110 Å². The van der Waals surface area contributed by atoms with Crippen molar-refractivity contribution in [2.75, 3.05) is 0 Å². The number of benzene rings is 2. The molecular weight excluding hydrogens is 348 g/mol. The van der Waals surface area contributed by atoms with Crippen LogP contribution in [0.25, 0.3) is 11.1 Å². The summed E-state index contributed by atoms with van der Waals surface area (Å²) in [5.74, 6) is 0.448. The van der Waals surface area contributed by atoms with Crippen LogP contribution in [-0.2, 0) is 22.7 Å². The van der Waals surface area contributed by atoms with E-state index in [-0.39, 0.29) is 16.2 Å². The van der Waals surface area contributed by atoms with Gasteiger partial charge in [0.25, 0.3) is 0 Å². The molecule has 0 atom stereocenters. The number of allylic oxidation sites excluding steroid dienone is 4. The lowest BCUT2D eigenvalue weighted by Crippen LogP contribution is -2.31. The first-order valence-electron chi connectivity index (χ1n) is 11.1. The van der Waals surface area contributed by atoms with Crippen molar-refractivity contribution in [1.82, 2.24) is 0 Å². The van der Waals surface area contributed by atoms with Crippen LogP contribution in [0.5, 0.6) is 0 Å². The van der Waals surface area contributed by atoms with Gasteiger partial charge >= 0.3 is 0 Å². The van der Waals surface area contributed by atoms with Crippen LogP contribution < -0.4 is 0 Å². The molecule has 0 saturated heterocycles. The quantitative estimate of drug-likeness (QED) is 0.421. The van der Waals surface area contributed by atoms with Gasteiger partial charge in [0, 0.05) is 11.3 Å². The molecule has 29 heavy (non-hydrogen) atoms. The molecule has 0 N–H and O–H groups in total. The molecule has 0 spiro atoms. The molecule has 2 aliphatic rings. The van der Waals surface area contributed by atoms with Crippen LogP contribution in [0.1, 0.15) is 83.2 Å². The van der Waals surface area contributed by atoms with Crippen LogP contribution in [0.15, 0.2) is 54.6 Å². The number of hydrogen-bond donors (Lipinski definition) is 0. The van der Waals surface area contributed by atoms with Crippen LogP contribution in [0, 0.1) is 5.92 Å². The van der Waals surface area contributed by atoms with Gasteiger partial charge in [0.15, 0.2) is 0 Å². The van der Waals surface area contributed by atoms with Crippen molar-refractivity contribution < 1.29 is 0 Å². The van der Waals surface area contributed by atoms with Crippen molar-refractivity contribution in [3.8, 4) is 11.1 Å². The van der Waals surface area contributed by atoms with Crippen molar-refractivity contribution in [1.29, 1.82) is 0 Å². The Morgan fingerprint density at radius 2 is 1.34 bits per heavy atom. The van der Waals surface area contributed by atoms with Gasteiger partial charge in [-0.15, -0.1) is 0 Å². The Kier molecular flexibility index (Phi) is 4.50. The van der Waals surface area contributed by atoms with Crippen LogP contribution in [0.2, 0.25) is 0 Å².